The summed E-state index contributed by atoms with van der Waals surface area (Å²) in [5.41, 5.74) is 3.56. The maximum Gasteiger partial charge on any atom is 0.0495 e. The van der Waals surface area contributed by atoms with Crippen molar-refractivity contribution in [2.75, 3.05) is 5.88 Å². The summed E-state index contributed by atoms with van der Waals surface area (Å²) in [6.45, 7) is 0. The van der Waals surface area contributed by atoms with Gasteiger partial charge in [0.25, 0.3) is 0 Å². The number of benzene rings is 1. The maximum absolute atomic E-state index is 5.76. The van der Waals surface area contributed by atoms with Crippen LogP contribution in [0, 0.1) is 0 Å². The van der Waals surface area contributed by atoms with Gasteiger partial charge in [-0.2, -0.15) is 0 Å². The number of hydrogen-bond acceptors (Lipinski definition) is 1. The minimum atomic E-state index is 0.659. The second-order valence-corrected chi connectivity index (χ2v) is 4.24. The van der Waals surface area contributed by atoms with E-state index in [2.05, 4.69) is 28.2 Å². The Morgan fingerprint density at radius 3 is 2.88 bits per heavy atom. The van der Waals surface area contributed by atoms with E-state index in [1.807, 2.05) is 12.3 Å². The number of halogens is 1. The smallest absolute Gasteiger partial charge is 0.0495 e. The van der Waals surface area contributed by atoms with Gasteiger partial charge in [0.1, 0.15) is 0 Å². The van der Waals surface area contributed by atoms with Crippen molar-refractivity contribution in [3.05, 3.63) is 42.2 Å². The summed E-state index contributed by atoms with van der Waals surface area (Å²) in [5.74, 6) is 0.659. The number of fused-ring (bicyclic) bond motifs is 3. The predicted octanol–water partition coefficient (Wildman–Crippen LogP) is 3.50. The van der Waals surface area contributed by atoms with Crippen LogP contribution in [-0.2, 0) is 6.42 Å². The molecular weight excluding hydrogens is 220 g/mol. The minimum absolute atomic E-state index is 0.659. The van der Waals surface area contributed by atoms with Crippen LogP contribution in [0.5, 0.6) is 0 Å². The summed E-state index contributed by atoms with van der Waals surface area (Å²) in [6.07, 6.45) is 4.61. The van der Waals surface area contributed by atoms with Gasteiger partial charge in [-0.05, 0) is 30.2 Å². The summed E-state index contributed by atoms with van der Waals surface area (Å²) in [6, 6.07) is 8.42. The van der Waals surface area contributed by atoms with E-state index in [0.29, 0.717) is 5.88 Å². The second-order valence-electron chi connectivity index (χ2n) is 3.87. The van der Waals surface area contributed by atoms with Crippen molar-refractivity contribution < 1.29 is 0 Å². The Morgan fingerprint density at radius 1 is 1.12 bits per heavy atom. The van der Waals surface area contributed by atoms with Gasteiger partial charge in [-0.15, -0.1) is 11.6 Å². The molecule has 1 aromatic carbocycles. The van der Waals surface area contributed by atoms with Crippen molar-refractivity contribution in [2.24, 2.45) is 0 Å². The first-order valence-corrected chi connectivity index (χ1v) is 5.82. The summed E-state index contributed by atoms with van der Waals surface area (Å²) < 4.78 is 0. The van der Waals surface area contributed by atoms with Crippen molar-refractivity contribution in [3.8, 4) is 0 Å². The molecule has 0 aliphatic carbocycles. The summed E-state index contributed by atoms with van der Waals surface area (Å²) in [5, 5.41) is 2.40. The predicted molar refractivity (Wildman–Crippen MR) is 68.0 cm³/mol. The highest BCUT2D eigenvalue weighted by atomic mass is 35.5. The normalized spacial score (nSPS) is 11.3. The Balaban J connectivity index is 2.31. The van der Waals surface area contributed by atoms with E-state index in [9.17, 15) is 0 Å². The lowest BCUT2D eigenvalue weighted by Crippen LogP contribution is -1.84. The highest BCUT2D eigenvalue weighted by molar-refractivity contribution is 6.18. The Labute approximate surface area is 98.3 Å². The molecule has 3 heteroatoms. The first kappa shape index (κ1) is 9.67. The van der Waals surface area contributed by atoms with Crippen LogP contribution < -0.4 is 0 Å². The minimum Gasteiger partial charge on any atom is -0.354 e. The highest BCUT2D eigenvalue weighted by Crippen LogP contribution is 2.25. The lowest BCUT2D eigenvalue weighted by molar-refractivity contribution is 1.16. The van der Waals surface area contributed by atoms with Crippen molar-refractivity contribution in [1.29, 1.82) is 0 Å². The molecule has 0 aliphatic rings. The lowest BCUT2D eigenvalue weighted by Gasteiger charge is -1.97. The fraction of sp³-hybridized carbons (Fsp3) is 0.154. The Morgan fingerprint density at radius 2 is 2.00 bits per heavy atom. The van der Waals surface area contributed by atoms with Crippen molar-refractivity contribution in [1.82, 2.24) is 9.97 Å². The van der Waals surface area contributed by atoms with Gasteiger partial charge in [-0.1, -0.05) is 6.07 Å². The van der Waals surface area contributed by atoms with Crippen LogP contribution in [0.2, 0.25) is 0 Å². The van der Waals surface area contributed by atoms with E-state index in [-0.39, 0.29) is 0 Å². The first-order chi connectivity index (χ1) is 7.88. The molecule has 0 radical (unpaired) electrons. The van der Waals surface area contributed by atoms with Crippen LogP contribution in [0.25, 0.3) is 21.8 Å². The number of aromatic nitrogens is 2. The molecule has 3 rings (SSSR count). The summed E-state index contributed by atoms with van der Waals surface area (Å²) >= 11 is 5.76. The van der Waals surface area contributed by atoms with Gasteiger partial charge >= 0.3 is 0 Å². The van der Waals surface area contributed by atoms with Gasteiger partial charge in [0, 0.05) is 40.1 Å². The number of H-pyrrole nitrogens is 1. The van der Waals surface area contributed by atoms with Crippen LogP contribution in [0.4, 0.5) is 0 Å². The van der Waals surface area contributed by atoms with E-state index < -0.39 is 0 Å². The maximum atomic E-state index is 5.76. The van der Waals surface area contributed by atoms with Gasteiger partial charge in [0.05, 0.1) is 0 Å². The van der Waals surface area contributed by atoms with Gasteiger partial charge < -0.3 is 4.98 Å². The molecule has 1 N–H and O–H groups in total. The molecule has 0 unspecified atom stereocenters. The average molecular weight is 231 g/mol. The monoisotopic (exact) mass is 230 g/mol. The molecule has 0 fully saturated rings. The molecule has 0 atom stereocenters. The number of nitrogens with zero attached hydrogens (tertiary/aromatic N) is 1. The Bertz CT molecular complexity index is 643. The first-order valence-electron chi connectivity index (χ1n) is 5.29. The number of rotatable bonds is 2. The number of hydrogen-bond donors (Lipinski definition) is 1. The summed E-state index contributed by atoms with van der Waals surface area (Å²) in [4.78, 5) is 7.54. The summed E-state index contributed by atoms with van der Waals surface area (Å²) in [7, 11) is 0. The van der Waals surface area contributed by atoms with Crippen LogP contribution in [0.1, 0.15) is 5.56 Å². The van der Waals surface area contributed by atoms with E-state index >= 15 is 0 Å². The third-order valence-electron chi connectivity index (χ3n) is 2.85. The van der Waals surface area contributed by atoms with E-state index in [4.69, 9.17) is 11.6 Å². The SMILES string of the molecule is ClCCc1ccc2[nH]c3ccncc3c2c1. The molecule has 2 heterocycles. The topological polar surface area (TPSA) is 28.7 Å². The van der Waals surface area contributed by atoms with Crippen LogP contribution >= 0.6 is 11.6 Å². The fourth-order valence-corrected chi connectivity index (χ4v) is 2.27. The molecule has 0 spiro atoms. The molecule has 16 heavy (non-hydrogen) atoms. The number of pyridine rings is 1. The van der Waals surface area contributed by atoms with Crippen molar-refractivity contribution in [3.63, 3.8) is 0 Å². The Hall–Kier alpha value is -1.54. The van der Waals surface area contributed by atoms with Crippen LogP contribution in [0.3, 0.4) is 0 Å². The third-order valence-corrected chi connectivity index (χ3v) is 3.04. The molecule has 3 aromatic rings. The molecular formula is C13H11ClN2. The zero-order valence-electron chi connectivity index (χ0n) is 8.70. The second kappa shape index (κ2) is 3.80. The molecule has 2 nitrogen and oxygen atoms in total. The molecule has 0 saturated heterocycles. The largest absolute Gasteiger partial charge is 0.354 e. The van der Waals surface area contributed by atoms with Gasteiger partial charge in [-0.25, -0.2) is 0 Å². The lowest BCUT2D eigenvalue weighted by atomic mass is 10.1. The zero-order valence-corrected chi connectivity index (χ0v) is 9.46. The molecule has 0 aliphatic heterocycles. The van der Waals surface area contributed by atoms with Gasteiger partial charge in [0.2, 0.25) is 0 Å². The third kappa shape index (κ3) is 1.46. The standard InChI is InChI=1S/C13H11ClN2/c14-5-3-9-1-2-12-10(7-9)11-8-15-6-4-13(11)16-12/h1-2,4,6-8,16H,3,5H2. The molecule has 0 saturated carbocycles. The molecule has 0 bridgehead atoms. The van der Waals surface area contributed by atoms with Crippen LogP contribution in [0.15, 0.2) is 36.7 Å². The number of nitrogens with one attached hydrogen (secondary N) is 1. The zero-order chi connectivity index (χ0) is 11.0. The van der Waals surface area contributed by atoms with Crippen molar-refractivity contribution >= 4 is 33.4 Å². The van der Waals surface area contributed by atoms with Gasteiger partial charge in [0.15, 0.2) is 0 Å². The molecule has 80 valence electrons. The van der Waals surface area contributed by atoms with Gasteiger partial charge in [-0.3, -0.25) is 4.98 Å². The van der Waals surface area contributed by atoms with Crippen LogP contribution in [-0.4, -0.2) is 15.8 Å². The average Bonchev–Trinajstić information content (AvgIpc) is 2.68. The number of aromatic amines is 1. The number of aryl methyl sites for hydroxylation is 1. The number of alkyl halides is 1. The fourth-order valence-electron chi connectivity index (χ4n) is 2.05. The molecule has 2 aromatic heterocycles. The van der Waals surface area contributed by atoms with E-state index in [0.717, 1.165) is 17.5 Å². The van der Waals surface area contributed by atoms with E-state index in [1.54, 1.807) is 6.20 Å². The quantitative estimate of drug-likeness (QED) is 0.671. The van der Waals surface area contributed by atoms with Crippen molar-refractivity contribution in [2.45, 2.75) is 6.42 Å². The molecule has 0 amide bonds. The Kier molecular flexibility index (Phi) is 2.29. The highest BCUT2D eigenvalue weighted by Gasteiger charge is 2.04. The van der Waals surface area contributed by atoms with E-state index in [1.165, 1.54) is 16.3 Å².